The molecule has 1 atom stereocenters. The highest BCUT2D eigenvalue weighted by atomic mass is 16.2. The van der Waals surface area contributed by atoms with E-state index in [9.17, 15) is 4.79 Å². The quantitative estimate of drug-likeness (QED) is 0.753. The van der Waals surface area contributed by atoms with Gasteiger partial charge in [-0.2, -0.15) is 0 Å². The number of nitrogens with two attached hydrogens (primary N) is 1. The van der Waals surface area contributed by atoms with Crippen molar-refractivity contribution < 1.29 is 4.79 Å². The van der Waals surface area contributed by atoms with Crippen LogP contribution >= 0.6 is 0 Å². The molecule has 0 saturated carbocycles. The highest BCUT2D eigenvalue weighted by molar-refractivity contribution is 5.81. The van der Waals surface area contributed by atoms with E-state index in [1.165, 1.54) is 12.8 Å². The molecule has 1 rings (SSSR count). The molecule has 3 N–H and O–H groups in total. The van der Waals surface area contributed by atoms with Crippen LogP contribution in [0.1, 0.15) is 33.1 Å². The second-order valence-electron chi connectivity index (χ2n) is 4.20. The Hall–Kier alpha value is -0.610. The second-order valence-corrected chi connectivity index (χ2v) is 4.20. The largest absolute Gasteiger partial charge is 0.358 e. The number of piperidine rings is 1. The SMILES string of the molecule is CC.CNC(=O)C(N)CC1CCN(C)CC1. The fourth-order valence-corrected chi connectivity index (χ4v) is 1.95. The zero-order chi connectivity index (χ0) is 12.6. The Morgan fingerprint density at radius 3 is 2.38 bits per heavy atom. The lowest BCUT2D eigenvalue weighted by Crippen LogP contribution is -2.41. The van der Waals surface area contributed by atoms with Crippen LogP contribution in [0.3, 0.4) is 0 Å². The van der Waals surface area contributed by atoms with E-state index >= 15 is 0 Å². The molecule has 16 heavy (non-hydrogen) atoms. The molecule has 0 bridgehead atoms. The first kappa shape index (κ1) is 15.4. The molecule has 1 fully saturated rings. The Balaban J connectivity index is 0.00000106. The van der Waals surface area contributed by atoms with E-state index in [-0.39, 0.29) is 11.9 Å². The van der Waals surface area contributed by atoms with E-state index in [0.29, 0.717) is 5.92 Å². The lowest BCUT2D eigenvalue weighted by Gasteiger charge is -2.30. The summed E-state index contributed by atoms with van der Waals surface area (Å²) in [4.78, 5) is 13.5. The molecule has 0 aromatic rings. The van der Waals surface area contributed by atoms with Crippen molar-refractivity contribution in [3.05, 3.63) is 0 Å². The smallest absolute Gasteiger partial charge is 0.236 e. The number of carbonyl (C=O) groups is 1. The van der Waals surface area contributed by atoms with Crippen molar-refractivity contribution >= 4 is 5.91 Å². The van der Waals surface area contributed by atoms with Crippen LogP contribution in [0.5, 0.6) is 0 Å². The summed E-state index contributed by atoms with van der Waals surface area (Å²) in [5.41, 5.74) is 5.77. The minimum absolute atomic E-state index is 0.0380. The predicted octanol–water partition coefficient (Wildman–Crippen LogP) is 0.818. The third kappa shape index (κ3) is 5.47. The average Bonchev–Trinajstić information content (AvgIpc) is 2.33. The molecule has 0 aromatic heterocycles. The van der Waals surface area contributed by atoms with Gasteiger partial charge in [0.05, 0.1) is 6.04 Å². The zero-order valence-electron chi connectivity index (χ0n) is 11.1. The molecule has 0 aromatic carbocycles. The number of likely N-dealkylation sites (N-methyl/N-ethyl adjacent to an activating group) is 1. The summed E-state index contributed by atoms with van der Waals surface area (Å²) in [6, 6.07) is -0.326. The third-order valence-corrected chi connectivity index (χ3v) is 3.01. The van der Waals surface area contributed by atoms with E-state index in [4.69, 9.17) is 5.73 Å². The van der Waals surface area contributed by atoms with Crippen molar-refractivity contribution in [1.29, 1.82) is 0 Å². The summed E-state index contributed by atoms with van der Waals surface area (Å²) in [5.74, 6) is 0.586. The molecule has 1 unspecified atom stereocenters. The monoisotopic (exact) mass is 229 g/mol. The standard InChI is InChI=1S/C10H21N3O.C2H6/c1-12-10(14)9(11)7-8-3-5-13(2)6-4-8;1-2/h8-9H,3-7,11H2,1-2H3,(H,12,14);1-2H3. The van der Waals surface area contributed by atoms with Gasteiger partial charge in [-0.1, -0.05) is 13.8 Å². The molecule has 1 saturated heterocycles. The van der Waals surface area contributed by atoms with E-state index in [0.717, 1.165) is 19.5 Å². The Morgan fingerprint density at radius 2 is 1.94 bits per heavy atom. The van der Waals surface area contributed by atoms with Crippen LogP contribution in [0.2, 0.25) is 0 Å². The molecule has 1 aliphatic heterocycles. The number of amides is 1. The lowest BCUT2D eigenvalue weighted by atomic mass is 9.90. The predicted molar refractivity (Wildman–Crippen MR) is 68.2 cm³/mol. The van der Waals surface area contributed by atoms with Crippen molar-refractivity contribution in [2.75, 3.05) is 27.2 Å². The maximum Gasteiger partial charge on any atom is 0.236 e. The number of nitrogens with zero attached hydrogens (tertiary/aromatic N) is 1. The van der Waals surface area contributed by atoms with Gasteiger partial charge in [0.25, 0.3) is 0 Å². The molecular weight excluding hydrogens is 202 g/mol. The van der Waals surface area contributed by atoms with Crippen LogP contribution in [-0.2, 0) is 4.79 Å². The Bertz CT molecular complexity index is 189. The summed E-state index contributed by atoms with van der Waals surface area (Å²) < 4.78 is 0. The zero-order valence-corrected chi connectivity index (χ0v) is 11.1. The van der Waals surface area contributed by atoms with Gasteiger partial charge in [-0.25, -0.2) is 0 Å². The van der Waals surface area contributed by atoms with Crippen molar-refractivity contribution in [3.63, 3.8) is 0 Å². The molecule has 1 aliphatic rings. The maximum absolute atomic E-state index is 11.2. The number of nitrogens with one attached hydrogen (secondary N) is 1. The number of carbonyl (C=O) groups excluding carboxylic acids is 1. The Labute approximate surface area is 99.6 Å². The minimum atomic E-state index is -0.326. The molecular formula is C12H27N3O. The summed E-state index contributed by atoms with van der Waals surface area (Å²) in [5, 5.41) is 2.59. The summed E-state index contributed by atoms with van der Waals surface area (Å²) >= 11 is 0. The third-order valence-electron chi connectivity index (χ3n) is 3.01. The van der Waals surface area contributed by atoms with Crippen LogP contribution in [0.25, 0.3) is 0 Å². The molecule has 4 heteroatoms. The van der Waals surface area contributed by atoms with Gasteiger partial charge in [-0.3, -0.25) is 4.79 Å². The highest BCUT2D eigenvalue weighted by Gasteiger charge is 2.21. The van der Waals surface area contributed by atoms with Crippen LogP contribution in [0, 0.1) is 5.92 Å². The van der Waals surface area contributed by atoms with E-state index in [1.807, 2.05) is 13.8 Å². The van der Waals surface area contributed by atoms with Gasteiger partial charge >= 0.3 is 0 Å². The van der Waals surface area contributed by atoms with Crippen LogP contribution in [0.4, 0.5) is 0 Å². The first-order valence-electron chi connectivity index (χ1n) is 6.29. The maximum atomic E-state index is 11.2. The minimum Gasteiger partial charge on any atom is -0.358 e. The molecule has 4 nitrogen and oxygen atoms in total. The topological polar surface area (TPSA) is 58.4 Å². The molecule has 0 radical (unpaired) electrons. The van der Waals surface area contributed by atoms with Crippen molar-refractivity contribution in [3.8, 4) is 0 Å². The van der Waals surface area contributed by atoms with E-state index in [1.54, 1.807) is 7.05 Å². The lowest BCUT2D eigenvalue weighted by molar-refractivity contribution is -0.122. The van der Waals surface area contributed by atoms with Gasteiger partial charge in [0.15, 0.2) is 0 Å². The number of hydrogen-bond acceptors (Lipinski definition) is 3. The van der Waals surface area contributed by atoms with Gasteiger partial charge in [0, 0.05) is 7.05 Å². The summed E-state index contributed by atoms with van der Waals surface area (Å²) in [7, 11) is 3.77. The Morgan fingerprint density at radius 1 is 1.44 bits per heavy atom. The first-order chi connectivity index (χ1) is 7.63. The fourth-order valence-electron chi connectivity index (χ4n) is 1.95. The van der Waals surface area contributed by atoms with Crippen LogP contribution < -0.4 is 11.1 Å². The van der Waals surface area contributed by atoms with Crippen molar-refractivity contribution in [2.45, 2.75) is 39.2 Å². The number of hydrogen-bond donors (Lipinski definition) is 2. The first-order valence-corrected chi connectivity index (χ1v) is 6.29. The van der Waals surface area contributed by atoms with Gasteiger partial charge < -0.3 is 16.0 Å². The van der Waals surface area contributed by atoms with Crippen LogP contribution in [0.15, 0.2) is 0 Å². The van der Waals surface area contributed by atoms with Crippen LogP contribution in [-0.4, -0.2) is 44.0 Å². The Kier molecular flexibility index (Phi) is 8.21. The molecule has 0 spiro atoms. The van der Waals surface area contributed by atoms with E-state index < -0.39 is 0 Å². The second kappa shape index (κ2) is 8.53. The summed E-state index contributed by atoms with van der Waals surface area (Å²) in [6.07, 6.45) is 3.16. The fraction of sp³-hybridized carbons (Fsp3) is 0.917. The summed E-state index contributed by atoms with van der Waals surface area (Å²) in [6.45, 7) is 6.26. The van der Waals surface area contributed by atoms with Gasteiger partial charge in [-0.05, 0) is 45.3 Å². The van der Waals surface area contributed by atoms with Gasteiger partial charge in [0.1, 0.15) is 0 Å². The molecule has 1 heterocycles. The molecule has 96 valence electrons. The van der Waals surface area contributed by atoms with E-state index in [2.05, 4.69) is 17.3 Å². The van der Waals surface area contributed by atoms with Gasteiger partial charge in [0.2, 0.25) is 5.91 Å². The number of rotatable bonds is 3. The average molecular weight is 229 g/mol. The molecule has 1 amide bonds. The highest BCUT2D eigenvalue weighted by Crippen LogP contribution is 2.20. The van der Waals surface area contributed by atoms with Gasteiger partial charge in [-0.15, -0.1) is 0 Å². The normalized spacial score (nSPS) is 19.6. The molecule has 0 aliphatic carbocycles. The van der Waals surface area contributed by atoms with Crippen molar-refractivity contribution in [2.24, 2.45) is 11.7 Å². The van der Waals surface area contributed by atoms with Crippen molar-refractivity contribution in [1.82, 2.24) is 10.2 Å². The number of likely N-dealkylation sites (tertiary alicyclic amines) is 1.